The second-order valence-corrected chi connectivity index (χ2v) is 13.4. The lowest BCUT2D eigenvalue weighted by Crippen LogP contribution is -2.49. The third-order valence-electron chi connectivity index (χ3n) is 6.83. The number of benzene rings is 1. The molecule has 3 aromatic rings. The zero-order valence-electron chi connectivity index (χ0n) is 20.5. The normalized spacial score (nSPS) is 18.8. The Morgan fingerprint density at radius 3 is 2.65 bits per heavy atom. The molecule has 37 heavy (non-hydrogen) atoms. The zero-order chi connectivity index (χ0) is 26.0. The average Bonchev–Trinajstić information content (AvgIpc) is 3.57. The van der Waals surface area contributed by atoms with Crippen molar-refractivity contribution in [2.45, 2.75) is 49.0 Å². The lowest BCUT2D eigenvalue weighted by molar-refractivity contribution is -0.120. The molecule has 11 heteroatoms. The first-order chi connectivity index (χ1) is 17.9. The van der Waals surface area contributed by atoms with E-state index in [0.29, 0.717) is 36.4 Å². The fourth-order valence-corrected chi connectivity index (χ4v) is 9.07. The molecule has 196 valence electrons. The van der Waals surface area contributed by atoms with Crippen molar-refractivity contribution < 1.29 is 22.7 Å². The van der Waals surface area contributed by atoms with Gasteiger partial charge in [-0.25, -0.2) is 13.2 Å². The molecule has 2 aliphatic heterocycles. The van der Waals surface area contributed by atoms with E-state index >= 15 is 0 Å². The second kappa shape index (κ2) is 11.0. The molecule has 1 fully saturated rings. The van der Waals surface area contributed by atoms with E-state index in [1.807, 2.05) is 18.2 Å². The van der Waals surface area contributed by atoms with E-state index in [-0.39, 0.29) is 10.8 Å². The van der Waals surface area contributed by atoms with Crippen LogP contribution in [0.2, 0.25) is 0 Å². The van der Waals surface area contributed by atoms with Crippen molar-refractivity contribution in [2.75, 3.05) is 25.5 Å². The minimum atomic E-state index is -3.78. The first kappa shape index (κ1) is 26.1. The van der Waals surface area contributed by atoms with Crippen molar-refractivity contribution in [2.24, 2.45) is 0 Å². The fourth-order valence-electron chi connectivity index (χ4n) is 5.01. The summed E-state index contributed by atoms with van der Waals surface area (Å²) in [6.07, 6.45) is 2.56. The molecule has 2 aromatic heterocycles. The quantitative estimate of drug-likeness (QED) is 0.433. The van der Waals surface area contributed by atoms with Gasteiger partial charge < -0.3 is 10.1 Å². The van der Waals surface area contributed by atoms with Crippen LogP contribution in [0.25, 0.3) is 0 Å². The Morgan fingerprint density at radius 2 is 1.92 bits per heavy atom. The average molecular weight is 560 g/mol. The van der Waals surface area contributed by atoms with Gasteiger partial charge >= 0.3 is 5.97 Å². The first-order valence-electron chi connectivity index (χ1n) is 12.2. The topological polar surface area (TPSA) is 96.0 Å². The maximum atomic E-state index is 13.5. The molecule has 1 N–H and O–H groups in total. The van der Waals surface area contributed by atoms with Crippen molar-refractivity contribution in [1.82, 2.24) is 9.21 Å². The number of sulfonamides is 1. The maximum Gasteiger partial charge on any atom is 0.341 e. The van der Waals surface area contributed by atoms with Crippen LogP contribution in [0.1, 0.15) is 45.6 Å². The number of methoxy groups -OCH3 is 1. The van der Waals surface area contributed by atoms with Gasteiger partial charge in [-0.2, -0.15) is 4.31 Å². The molecule has 0 radical (unpaired) electrons. The van der Waals surface area contributed by atoms with Crippen molar-refractivity contribution in [3.05, 3.63) is 69.4 Å². The van der Waals surface area contributed by atoms with E-state index in [2.05, 4.69) is 22.3 Å². The van der Waals surface area contributed by atoms with E-state index < -0.39 is 27.9 Å². The van der Waals surface area contributed by atoms with Crippen LogP contribution in [0.4, 0.5) is 5.00 Å². The largest absolute Gasteiger partial charge is 0.465 e. The summed E-state index contributed by atoms with van der Waals surface area (Å²) in [7, 11) is -2.45. The maximum absolute atomic E-state index is 13.5. The Balaban J connectivity index is 1.39. The summed E-state index contributed by atoms with van der Waals surface area (Å²) in [5, 5.41) is 5.07. The number of piperidine rings is 1. The van der Waals surface area contributed by atoms with Crippen LogP contribution in [0.15, 0.2) is 52.1 Å². The predicted octanol–water partition coefficient (Wildman–Crippen LogP) is 4.34. The SMILES string of the molecule is COC(=O)c1c(NC(=O)C2CCCCN2S(=O)(=O)c2cccs2)sc2c1CCN(Cc1ccccc1)C2. The van der Waals surface area contributed by atoms with Gasteiger partial charge in [-0.05, 0) is 41.8 Å². The molecule has 2 aliphatic rings. The summed E-state index contributed by atoms with van der Waals surface area (Å²) in [6.45, 7) is 2.53. The van der Waals surface area contributed by atoms with Crippen LogP contribution in [-0.4, -0.2) is 55.7 Å². The standard InChI is InChI=1S/C26H29N3O5S3/c1-34-26(31)23-19-12-14-28(16-18-8-3-2-4-9-18)17-21(19)36-25(23)27-24(30)20-10-5-6-13-29(20)37(32,33)22-11-7-15-35-22/h2-4,7-9,11,15,20H,5-6,10,12-14,16-17H2,1H3,(H,27,30). The highest BCUT2D eigenvalue weighted by Gasteiger charge is 2.39. The number of nitrogens with zero attached hydrogens (tertiary/aromatic N) is 2. The molecule has 1 saturated heterocycles. The molecule has 1 unspecified atom stereocenters. The van der Waals surface area contributed by atoms with Gasteiger partial charge in [0.05, 0.1) is 12.7 Å². The van der Waals surface area contributed by atoms with Crippen LogP contribution in [0.5, 0.6) is 0 Å². The summed E-state index contributed by atoms with van der Waals surface area (Å²) in [5.74, 6) is -0.902. The van der Waals surface area contributed by atoms with Crippen molar-refractivity contribution >= 4 is 49.6 Å². The molecule has 8 nitrogen and oxygen atoms in total. The van der Waals surface area contributed by atoms with Crippen LogP contribution in [0, 0.1) is 0 Å². The highest BCUT2D eigenvalue weighted by molar-refractivity contribution is 7.91. The predicted molar refractivity (Wildman–Crippen MR) is 144 cm³/mol. The van der Waals surface area contributed by atoms with Crippen LogP contribution >= 0.6 is 22.7 Å². The number of ether oxygens (including phenoxy) is 1. The molecule has 4 heterocycles. The number of carbonyl (C=O) groups is 2. The van der Waals surface area contributed by atoms with Gasteiger partial charge in [0.15, 0.2) is 0 Å². The van der Waals surface area contributed by atoms with Gasteiger partial charge in [0.1, 0.15) is 15.3 Å². The number of hydrogen-bond donors (Lipinski definition) is 1. The Kier molecular flexibility index (Phi) is 7.77. The molecule has 0 spiro atoms. The van der Waals surface area contributed by atoms with Crippen molar-refractivity contribution in [1.29, 1.82) is 0 Å². The summed E-state index contributed by atoms with van der Waals surface area (Å²) in [4.78, 5) is 29.6. The summed E-state index contributed by atoms with van der Waals surface area (Å²) in [6, 6.07) is 12.6. The number of esters is 1. The summed E-state index contributed by atoms with van der Waals surface area (Å²) < 4.78 is 33.1. The van der Waals surface area contributed by atoms with E-state index in [0.717, 1.165) is 41.3 Å². The van der Waals surface area contributed by atoms with E-state index in [4.69, 9.17) is 4.74 Å². The molecular weight excluding hydrogens is 531 g/mol. The number of fused-ring (bicyclic) bond motifs is 1. The molecular formula is C26H29N3O5S3. The number of rotatable bonds is 7. The molecule has 1 aromatic carbocycles. The minimum absolute atomic E-state index is 0.229. The van der Waals surface area contributed by atoms with Crippen molar-refractivity contribution in [3.63, 3.8) is 0 Å². The van der Waals surface area contributed by atoms with Gasteiger partial charge in [-0.3, -0.25) is 9.69 Å². The van der Waals surface area contributed by atoms with Crippen molar-refractivity contribution in [3.8, 4) is 0 Å². The third kappa shape index (κ3) is 5.37. The Morgan fingerprint density at radius 1 is 1.11 bits per heavy atom. The smallest absolute Gasteiger partial charge is 0.341 e. The number of nitrogens with one attached hydrogen (secondary N) is 1. The molecule has 1 amide bonds. The van der Waals surface area contributed by atoms with E-state index in [1.54, 1.807) is 17.5 Å². The number of thiophene rings is 2. The van der Waals surface area contributed by atoms with Gasteiger partial charge in [-0.1, -0.05) is 42.8 Å². The Bertz CT molecular complexity index is 1370. The minimum Gasteiger partial charge on any atom is -0.465 e. The molecule has 5 rings (SSSR count). The monoisotopic (exact) mass is 559 g/mol. The molecule has 0 saturated carbocycles. The first-order valence-corrected chi connectivity index (χ1v) is 15.4. The molecule has 1 atom stereocenters. The zero-order valence-corrected chi connectivity index (χ0v) is 23.0. The second-order valence-electron chi connectivity index (χ2n) is 9.19. The number of carbonyl (C=O) groups excluding carboxylic acids is 2. The number of amides is 1. The van der Waals surface area contributed by atoms with Gasteiger partial charge in [-0.15, -0.1) is 22.7 Å². The van der Waals surface area contributed by atoms with E-state index in [9.17, 15) is 18.0 Å². The van der Waals surface area contributed by atoms with E-state index in [1.165, 1.54) is 28.3 Å². The van der Waals surface area contributed by atoms with Crippen LogP contribution < -0.4 is 5.32 Å². The highest BCUT2D eigenvalue weighted by Crippen LogP contribution is 2.38. The van der Waals surface area contributed by atoms with Gasteiger partial charge in [0.2, 0.25) is 5.91 Å². The molecule has 0 bridgehead atoms. The van der Waals surface area contributed by atoms with Gasteiger partial charge in [0, 0.05) is 31.1 Å². The third-order valence-corrected chi connectivity index (χ3v) is 11.2. The number of hydrogen-bond acceptors (Lipinski definition) is 8. The van der Waals surface area contributed by atoms with Crippen LogP contribution in [0.3, 0.4) is 0 Å². The van der Waals surface area contributed by atoms with Crippen LogP contribution in [-0.2, 0) is 39.1 Å². The summed E-state index contributed by atoms with van der Waals surface area (Å²) >= 11 is 2.52. The summed E-state index contributed by atoms with van der Waals surface area (Å²) in [5.41, 5.74) is 2.51. The van der Waals surface area contributed by atoms with Gasteiger partial charge in [0.25, 0.3) is 10.0 Å². The Labute approximate surface area is 224 Å². The number of anilines is 1. The molecule has 0 aliphatic carbocycles. The fraction of sp³-hybridized carbons (Fsp3) is 0.385. The lowest BCUT2D eigenvalue weighted by atomic mass is 10.0. The lowest BCUT2D eigenvalue weighted by Gasteiger charge is -2.33. The highest BCUT2D eigenvalue weighted by atomic mass is 32.2. The Hall–Kier alpha value is -2.57.